The van der Waals surface area contributed by atoms with Crippen LogP contribution in [0.5, 0.6) is 0 Å². The summed E-state index contributed by atoms with van der Waals surface area (Å²) in [6, 6.07) is 12.4. The van der Waals surface area contributed by atoms with Crippen molar-refractivity contribution in [3.05, 3.63) is 58.3 Å². The summed E-state index contributed by atoms with van der Waals surface area (Å²) in [5.74, 6) is -0.755. The Morgan fingerprint density at radius 1 is 1.20 bits per heavy atom. The molecule has 1 fully saturated rings. The molecule has 0 saturated carbocycles. The van der Waals surface area contributed by atoms with Crippen molar-refractivity contribution in [2.45, 2.75) is 25.4 Å². The van der Waals surface area contributed by atoms with E-state index in [4.69, 9.17) is 0 Å². The van der Waals surface area contributed by atoms with Crippen LogP contribution < -0.4 is 10.6 Å². The first-order valence-corrected chi connectivity index (χ1v) is 8.93. The number of nitrogens with zero attached hydrogens (tertiary/aromatic N) is 1. The highest BCUT2D eigenvalue weighted by Crippen LogP contribution is 2.32. The molecule has 130 valence electrons. The van der Waals surface area contributed by atoms with Crippen molar-refractivity contribution in [2.75, 3.05) is 6.54 Å². The summed E-state index contributed by atoms with van der Waals surface area (Å²) in [4.78, 5) is 39.4. The molecule has 3 rings (SSSR count). The molecule has 4 amide bonds. The first-order valence-electron chi connectivity index (χ1n) is 8.05. The van der Waals surface area contributed by atoms with Crippen LogP contribution >= 0.6 is 11.3 Å². The van der Waals surface area contributed by atoms with Gasteiger partial charge in [0.2, 0.25) is 5.91 Å². The van der Waals surface area contributed by atoms with Crippen molar-refractivity contribution in [3.63, 3.8) is 0 Å². The Morgan fingerprint density at radius 2 is 1.96 bits per heavy atom. The maximum atomic E-state index is 12.9. The number of thiophene rings is 1. The molecule has 2 heterocycles. The lowest BCUT2D eigenvalue weighted by Crippen LogP contribution is -2.44. The van der Waals surface area contributed by atoms with Crippen LogP contribution in [0.4, 0.5) is 4.79 Å². The van der Waals surface area contributed by atoms with Crippen LogP contribution in [0.1, 0.15) is 23.8 Å². The number of carbonyl (C=O) groups is 3. The Morgan fingerprint density at radius 3 is 2.60 bits per heavy atom. The second kappa shape index (κ2) is 7.06. The monoisotopic (exact) mass is 357 g/mol. The second-order valence-corrected chi connectivity index (χ2v) is 6.83. The molecule has 1 saturated heterocycles. The predicted octanol–water partition coefficient (Wildman–Crippen LogP) is 2.22. The standard InChI is InChI=1S/C18H19N3O3S/c1-2-18(13-7-4-3-5-8-13)16(23)21(17(24)20-18)12-15(22)19-11-14-9-6-10-25-14/h3-10H,2,11-12H2,1H3,(H,19,22)(H,20,24)/t18-/m1/s1. The van der Waals surface area contributed by atoms with Gasteiger partial charge in [-0.05, 0) is 23.4 Å². The van der Waals surface area contributed by atoms with Crippen molar-refractivity contribution in [2.24, 2.45) is 0 Å². The number of nitrogens with one attached hydrogen (secondary N) is 2. The van der Waals surface area contributed by atoms with E-state index >= 15 is 0 Å². The minimum absolute atomic E-state index is 0.287. The van der Waals surface area contributed by atoms with E-state index in [1.807, 2.05) is 54.8 Å². The zero-order valence-electron chi connectivity index (χ0n) is 13.8. The normalized spacial score (nSPS) is 19.8. The molecule has 1 aliphatic heterocycles. The molecule has 0 bridgehead atoms. The van der Waals surface area contributed by atoms with Gasteiger partial charge in [-0.15, -0.1) is 11.3 Å². The van der Waals surface area contributed by atoms with E-state index in [0.717, 1.165) is 15.3 Å². The summed E-state index contributed by atoms with van der Waals surface area (Å²) >= 11 is 1.53. The van der Waals surface area contributed by atoms with Crippen LogP contribution in [-0.2, 0) is 21.7 Å². The molecule has 0 unspecified atom stereocenters. The number of urea groups is 1. The molecule has 0 aliphatic carbocycles. The van der Waals surface area contributed by atoms with Crippen molar-refractivity contribution in [1.82, 2.24) is 15.5 Å². The van der Waals surface area contributed by atoms with Crippen LogP contribution in [0.3, 0.4) is 0 Å². The van der Waals surface area contributed by atoms with E-state index in [2.05, 4.69) is 10.6 Å². The zero-order valence-corrected chi connectivity index (χ0v) is 14.6. The molecule has 6 nitrogen and oxygen atoms in total. The Balaban J connectivity index is 1.71. The number of imide groups is 1. The maximum absolute atomic E-state index is 12.9. The summed E-state index contributed by atoms with van der Waals surface area (Å²) < 4.78 is 0. The van der Waals surface area contributed by atoms with Gasteiger partial charge >= 0.3 is 6.03 Å². The van der Waals surface area contributed by atoms with E-state index < -0.39 is 17.5 Å². The third kappa shape index (κ3) is 3.28. The Kier molecular flexibility index (Phi) is 4.85. The average molecular weight is 357 g/mol. The van der Waals surface area contributed by atoms with E-state index in [-0.39, 0.29) is 12.5 Å². The van der Waals surface area contributed by atoms with Gasteiger partial charge < -0.3 is 10.6 Å². The highest BCUT2D eigenvalue weighted by Gasteiger charge is 2.51. The van der Waals surface area contributed by atoms with Crippen molar-refractivity contribution < 1.29 is 14.4 Å². The first kappa shape index (κ1) is 17.2. The topological polar surface area (TPSA) is 78.5 Å². The molecule has 2 aromatic rings. The molecule has 1 aromatic carbocycles. The lowest BCUT2D eigenvalue weighted by molar-refractivity contribution is -0.135. The van der Waals surface area contributed by atoms with Crippen LogP contribution in [0.25, 0.3) is 0 Å². The van der Waals surface area contributed by atoms with E-state index in [1.165, 1.54) is 11.3 Å². The third-order valence-corrected chi connectivity index (χ3v) is 5.19. The van der Waals surface area contributed by atoms with Crippen LogP contribution in [0.15, 0.2) is 47.8 Å². The quantitative estimate of drug-likeness (QED) is 0.778. The number of hydrogen-bond acceptors (Lipinski definition) is 4. The van der Waals surface area contributed by atoms with Gasteiger partial charge in [0.15, 0.2) is 0 Å². The highest BCUT2D eigenvalue weighted by molar-refractivity contribution is 7.09. The molecule has 1 atom stereocenters. The largest absolute Gasteiger partial charge is 0.350 e. The highest BCUT2D eigenvalue weighted by atomic mass is 32.1. The molecule has 7 heteroatoms. The van der Waals surface area contributed by atoms with Crippen LogP contribution in [0, 0.1) is 0 Å². The number of carbonyl (C=O) groups excluding carboxylic acids is 3. The van der Waals surface area contributed by atoms with Gasteiger partial charge in [-0.1, -0.05) is 43.3 Å². The van der Waals surface area contributed by atoms with Gasteiger partial charge in [0.1, 0.15) is 12.1 Å². The minimum atomic E-state index is -1.10. The molecular weight excluding hydrogens is 338 g/mol. The third-order valence-electron chi connectivity index (χ3n) is 4.31. The van der Waals surface area contributed by atoms with Gasteiger partial charge in [0, 0.05) is 4.88 Å². The van der Waals surface area contributed by atoms with E-state index in [1.54, 1.807) is 0 Å². The first-order chi connectivity index (χ1) is 12.1. The summed E-state index contributed by atoms with van der Waals surface area (Å²) in [7, 11) is 0. The average Bonchev–Trinajstić information content (AvgIpc) is 3.23. The van der Waals surface area contributed by atoms with Gasteiger partial charge in [-0.2, -0.15) is 0 Å². The Hall–Kier alpha value is -2.67. The summed E-state index contributed by atoms with van der Waals surface area (Å²) in [6.45, 7) is 1.94. The molecule has 2 N–H and O–H groups in total. The maximum Gasteiger partial charge on any atom is 0.325 e. The fourth-order valence-corrected chi connectivity index (χ4v) is 3.57. The Labute approximate surface area is 149 Å². The smallest absolute Gasteiger partial charge is 0.325 e. The number of hydrogen-bond donors (Lipinski definition) is 2. The van der Waals surface area contributed by atoms with Gasteiger partial charge in [-0.25, -0.2) is 4.79 Å². The summed E-state index contributed by atoms with van der Waals surface area (Å²) in [6.07, 6.45) is 0.412. The molecule has 1 aromatic heterocycles. The predicted molar refractivity (Wildman–Crippen MR) is 94.8 cm³/mol. The fourth-order valence-electron chi connectivity index (χ4n) is 2.93. The SMILES string of the molecule is CC[C@]1(c2ccccc2)NC(=O)N(CC(=O)NCc2cccs2)C1=O. The molecule has 25 heavy (non-hydrogen) atoms. The molecule has 0 spiro atoms. The molecule has 0 radical (unpaired) electrons. The van der Waals surface area contributed by atoms with Crippen molar-refractivity contribution in [1.29, 1.82) is 0 Å². The minimum Gasteiger partial charge on any atom is -0.350 e. The van der Waals surface area contributed by atoms with Gasteiger partial charge in [-0.3, -0.25) is 14.5 Å². The van der Waals surface area contributed by atoms with Gasteiger partial charge in [0.25, 0.3) is 5.91 Å². The lowest BCUT2D eigenvalue weighted by Gasteiger charge is -2.25. The fraction of sp³-hybridized carbons (Fsp3) is 0.278. The van der Waals surface area contributed by atoms with Crippen molar-refractivity contribution >= 4 is 29.2 Å². The second-order valence-electron chi connectivity index (χ2n) is 5.80. The number of benzene rings is 1. The number of rotatable bonds is 6. The van der Waals surface area contributed by atoms with Gasteiger partial charge in [0.05, 0.1) is 6.54 Å². The van der Waals surface area contributed by atoms with Crippen molar-refractivity contribution in [3.8, 4) is 0 Å². The molecule has 1 aliphatic rings. The zero-order chi connectivity index (χ0) is 17.9. The van der Waals surface area contributed by atoms with Crippen LogP contribution in [-0.4, -0.2) is 29.3 Å². The summed E-state index contributed by atoms with van der Waals surface area (Å²) in [5.41, 5.74) is -0.385. The lowest BCUT2D eigenvalue weighted by atomic mass is 9.87. The van der Waals surface area contributed by atoms with Crippen LogP contribution in [0.2, 0.25) is 0 Å². The van der Waals surface area contributed by atoms with E-state index in [9.17, 15) is 14.4 Å². The molecular formula is C18H19N3O3S. The Bertz CT molecular complexity index is 776. The summed E-state index contributed by atoms with van der Waals surface area (Å²) in [5, 5.41) is 7.43. The van der Waals surface area contributed by atoms with E-state index in [0.29, 0.717) is 13.0 Å². The number of amides is 4.